The molecule has 7 heteroatoms. The molecule has 2 heterocycles. The van der Waals surface area contributed by atoms with Crippen molar-refractivity contribution >= 4 is 5.91 Å². The molecule has 1 amide bonds. The first-order chi connectivity index (χ1) is 14.0. The molecule has 0 radical (unpaired) electrons. The van der Waals surface area contributed by atoms with Gasteiger partial charge in [-0.2, -0.15) is 5.10 Å². The van der Waals surface area contributed by atoms with Crippen LogP contribution in [-0.4, -0.2) is 25.2 Å². The van der Waals surface area contributed by atoms with Crippen molar-refractivity contribution in [2.24, 2.45) is 7.05 Å². The van der Waals surface area contributed by atoms with Gasteiger partial charge >= 0.3 is 0 Å². The lowest BCUT2D eigenvalue weighted by atomic mass is 10.1. The van der Waals surface area contributed by atoms with E-state index >= 15 is 0 Å². The fourth-order valence-electron chi connectivity index (χ4n) is 3.28. The number of para-hydroxylation sites is 1. The molecule has 0 unspecified atom stereocenters. The van der Waals surface area contributed by atoms with E-state index in [2.05, 4.69) is 15.4 Å². The number of benzene rings is 2. The zero-order valence-electron chi connectivity index (χ0n) is 16.1. The maximum atomic E-state index is 13.4. The van der Waals surface area contributed by atoms with Gasteiger partial charge in [-0.3, -0.25) is 4.79 Å². The second kappa shape index (κ2) is 7.71. The summed E-state index contributed by atoms with van der Waals surface area (Å²) in [6.07, 6.45) is 5.02. The number of imidazole rings is 1. The Kier molecular flexibility index (Phi) is 4.95. The van der Waals surface area contributed by atoms with Gasteiger partial charge in [-0.25, -0.2) is 14.1 Å². The SMILES string of the molecule is Cc1c(C(=O)N[C@H](c2ccc(F)cc2)c2nccn2C)cnn1-c1ccccc1. The molecule has 0 spiro atoms. The van der Waals surface area contributed by atoms with E-state index in [4.69, 9.17) is 0 Å². The summed E-state index contributed by atoms with van der Waals surface area (Å²) in [5.74, 6) is 0.0405. The molecule has 29 heavy (non-hydrogen) atoms. The molecule has 0 aliphatic heterocycles. The van der Waals surface area contributed by atoms with Gasteiger partial charge in [-0.1, -0.05) is 30.3 Å². The Morgan fingerprint density at radius 2 is 1.83 bits per heavy atom. The molecule has 1 atom stereocenters. The summed E-state index contributed by atoms with van der Waals surface area (Å²) in [7, 11) is 1.85. The number of hydrogen-bond donors (Lipinski definition) is 1. The summed E-state index contributed by atoms with van der Waals surface area (Å²) >= 11 is 0. The van der Waals surface area contributed by atoms with Gasteiger partial charge < -0.3 is 9.88 Å². The molecule has 0 aliphatic carbocycles. The van der Waals surface area contributed by atoms with E-state index in [1.54, 1.807) is 35.4 Å². The molecule has 1 N–H and O–H groups in total. The number of hydrogen-bond acceptors (Lipinski definition) is 3. The van der Waals surface area contributed by atoms with Gasteiger partial charge in [0.2, 0.25) is 0 Å². The van der Waals surface area contributed by atoms with E-state index in [0.29, 0.717) is 11.4 Å². The van der Waals surface area contributed by atoms with Gasteiger partial charge in [0, 0.05) is 19.4 Å². The second-order valence-corrected chi connectivity index (χ2v) is 6.75. The van der Waals surface area contributed by atoms with E-state index < -0.39 is 6.04 Å². The standard InChI is InChI=1S/C22H20FN5O/c1-15-19(14-25-28(15)18-6-4-3-5-7-18)22(29)26-20(21-24-12-13-27(21)2)16-8-10-17(23)11-9-16/h3-14,20H,1-2H3,(H,26,29)/t20-/m1/s1. The third-order valence-corrected chi connectivity index (χ3v) is 4.85. The number of aromatic nitrogens is 4. The number of nitrogens with zero attached hydrogens (tertiary/aromatic N) is 4. The van der Waals surface area contributed by atoms with Crippen LogP contribution in [0, 0.1) is 12.7 Å². The smallest absolute Gasteiger partial charge is 0.255 e. The molecule has 0 fully saturated rings. The van der Waals surface area contributed by atoms with Gasteiger partial charge in [0.05, 0.1) is 23.1 Å². The molecule has 0 bridgehead atoms. The second-order valence-electron chi connectivity index (χ2n) is 6.75. The van der Waals surface area contributed by atoms with Crippen LogP contribution in [0.25, 0.3) is 5.69 Å². The maximum absolute atomic E-state index is 13.4. The van der Waals surface area contributed by atoms with Crippen molar-refractivity contribution in [3.63, 3.8) is 0 Å². The van der Waals surface area contributed by atoms with Crippen LogP contribution in [-0.2, 0) is 7.05 Å². The maximum Gasteiger partial charge on any atom is 0.255 e. The van der Waals surface area contributed by atoms with Gasteiger partial charge in [-0.05, 0) is 36.8 Å². The highest BCUT2D eigenvalue weighted by Crippen LogP contribution is 2.22. The van der Waals surface area contributed by atoms with Gasteiger partial charge in [0.1, 0.15) is 17.7 Å². The highest BCUT2D eigenvalue weighted by Gasteiger charge is 2.24. The van der Waals surface area contributed by atoms with Crippen LogP contribution >= 0.6 is 0 Å². The Bertz CT molecular complexity index is 1130. The summed E-state index contributed by atoms with van der Waals surface area (Å²) in [5, 5.41) is 7.38. The fraction of sp³-hybridized carbons (Fsp3) is 0.136. The van der Waals surface area contributed by atoms with Crippen LogP contribution in [0.3, 0.4) is 0 Å². The van der Waals surface area contributed by atoms with Crippen LogP contribution in [0.15, 0.2) is 73.2 Å². The number of carbonyl (C=O) groups excluding carboxylic acids is 1. The topological polar surface area (TPSA) is 64.7 Å². The van der Waals surface area contributed by atoms with Crippen molar-refractivity contribution in [2.75, 3.05) is 0 Å². The number of aryl methyl sites for hydroxylation is 1. The lowest BCUT2D eigenvalue weighted by molar-refractivity contribution is 0.0940. The Labute approximate surface area is 167 Å². The van der Waals surface area contributed by atoms with Crippen LogP contribution in [0.4, 0.5) is 4.39 Å². The summed E-state index contributed by atoms with van der Waals surface area (Å²) in [6, 6.07) is 15.1. The minimum absolute atomic E-state index is 0.276. The molecular formula is C22H20FN5O. The zero-order chi connectivity index (χ0) is 20.4. The van der Waals surface area contributed by atoms with Crippen molar-refractivity contribution < 1.29 is 9.18 Å². The summed E-state index contributed by atoms with van der Waals surface area (Å²) < 4.78 is 16.9. The Morgan fingerprint density at radius 3 is 2.48 bits per heavy atom. The average molecular weight is 389 g/mol. The Balaban J connectivity index is 1.66. The van der Waals surface area contributed by atoms with E-state index in [9.17, 15) is 9.18 Å². The molecule has 0 aliphatic rings. The van der Waals surface area contributed by atoms with Gasteiger partial charge in [-0.15, -0.1) is 0 Å². The lowest BCUT2D eigenvalue weighted by Gasteiger charge is -2.19. The van der Waals surface area contributed by atoms with Crippen LogP contribution in [0.2, 0.25) is 0 Å². The number of carbonyl (C=O) groups is 1. The van der Waals surface area contributed by atoms with E-state index in [1.807, 2.05) is 48.9 Å². The summed E-state index contributed by atoms with van der Waals surface area (Å²) in [5.41, 5.74) is 2.81. The monoisotopic (exact) mass is 389 g/mol. The van der Waals surface area contributed by atoms with Crippen LogP contribution in [0.5, 0.6) is 0 Å². The first-order valence-corrected chi connectivity index (χ1v) is 9.18. The molecule has 0 saturated carbocycles. The molecular weight excluding hydrogens is 369 g/mol. The lowest BCUT2D eigenvalue weighted by Crippen LogP contribution is -2.31. The predicted octanol–water partition coefficient (Wildman–Crippen LogP) is 3.57. The van der Waals surface area contributed by atoms with E-state index in [-0.39, 0.29) is 11.7 Å². The molecule has 146 valence electrons. The molecule has 6 nitrogen and oxygen atoms in total. The number of nitrogens with one attached hydrogen (secondary N) is 1. The van der Waals surface area contributed by atoms with Crippen molar-refractivity contribution in [2.45, 2.75) is 13.0 Å². The van der Waals surface area contributed by atoms with E-state index in [1.165, 1.54) is 12.1 Å². The average Bonchev–Trinajstić information content (AvgIpc) is 3.33. The van der Waals surface area contributed by atoms with Crippen LogP contribution < -0.4 is 5.32 Å². The highest BCUT2D eigenvalue weighted by molar-refractivity contribution is 5.95. The minimum Gasteiger partial charge on any atom is -0.338 e. The normalized spacial score (nSPS) is 12.0. The quantitative estimate of drug-likeness (QED) is 0.568. The van der Waals surface area contributed by atoms with Crippen molar-refractivity contribution in [1.82, 2.24) is 24.6 Å². The third-order valence-electron chi connectivity index (χ3n) is 4.85. The number of halogens is 1. The molecule has 4 aromatic rings. The molecule has 2 aromatic heterocycles. The van der Waals surface area contributed by atoms with Crippen molar-refractivity contribution in [3.05, 3.63) is 102 Å². The predicted molar refractivity (Wildman–Crippen MR) is 107 cm³/mol. The van der Waals surface area contributed by atoms with Gasteiger partial charge in [0.15, 0.2) is 0 Å². The largest absolute Gasteiger partial charge is 0.338 e. The molecule has 0 saturated heterocycles. The van der Waals surface area contributed by atoms with Crippen molar-refractivity contribution in [1.29, 1.82) is 0 Å². The number of amides is 1. The first-order valence-electron chi connectivity index (χ1n) is 9.18. The molecule has 4 rings (SSSR count). The van der Waals surface area contributed by atoms with E-state index in [0.717, 1.165) is 16.9 Å². The summed E-state index contributed by atoms with van der Waals surface area (Å²) in [4.78, 5) is 17.5. The van der Waals surface area contributed by atoms with Crippen molar-refractivity contribution in [3.8, 4) is 5.69 Å². The molecule has 2 aromatic carbocycles. The highest BCUT2D eigenvalue weighted by atomic mass is 19.1. The minimum atomic E-state index is -0.525. The van der Waals surface area contributed by atoms with Crippen LogP contribution in [0.1, 0.15) is 33.5 Å². The third kappa shape index (κ3) is 3.67. The Morgan fingerprint density at radius 1 is 1.10 bits per heavy atom. The summed E-state index contributed by atoms with van der Waals surface area (Å²) in [6.45, 7) is 1.85. The van der Waals surface area contributed by atoms with Gasteiger partial charge in [0.25, 0.3) is 5.91 Å². The first kappa shape index (κ1) is 18.6. The zero-order valence-corrected chi connectivity index (χ0v) is 16.1. The number of rotatable bonds is 5. The fourth-order valence-corrected chi connectivity index (χ4v) is 3.28. The Hall–Kier alpha value is -3.74.